The smallest absolute Gasteiger partial charge is 0.255 e. The predicted molar refractivity (Wildman–Crippen MR) is 84.9 cm³/mol. The van der Waals surface area contributed by atoms with Crippen LogP contribution in [0.1, 0.15) is 34.0 Å². The molecule has 0 aliphatic carbocycles. The summed E-state index contributed by atoms with van der Waals surface area (Å²) in [4.78, 5) is 14.6. The van der Waals surface area contributed by atoms with Crippen LogP contribution in [-0.2, 0) is 7.05 Å². The van der Waals surface area contributed by atoms with Crippen molar-refractivity contribution >= 4 is 17.5 Å². The van der Waals surface area contributed by atoms with Crippen LogP contribution in [0.25, 0.3) is 0 Å². The fourth-order valence-corrected chi connectivity index (χ4v) is 3.18. The first-order valence-corrected chi connectivity index (χ1v) is 7.60. The molecule has 21 heavy (non-hydrogen) atoms. The lowest BCUT2D eigenvalue weighted by Crippen LogP contribution is -2.28. The van der Waals surface area contributed by atoms with Gasteiger partial charge >= 0.3 is 0 Å². The first-order chi connectivity index (χ1) is 10.1. The monoisotopic (exact) mass is 302 g/mol. The standard InChI is InChI=1S/C17H19ClN2O/c1-12-16(7-8-19(12)2)17(21)20-9-6-14(11-20)13-4-3-5-15(18)10-13/h3-5,7-8,10,14H,6,9,11H2,1-2H3/t14-/m0/s1. The Morgan fingerprint density at radius 3 is 2.81 bits per heavy atom. The van der Waals surface area contributed by atoms with Crippen LogP contribution in [0.2, 0.25) is 5.02 Å². The van der Waals surface area contributed by atoms with Crippen molar-refractivity contribution in [1.29, 1.82) is 0 Å². The molecule has 110 valence electrons. The molecule has 1 aromatic carbocycles. The molecule has 1 aromatic heterocycles. The fourth-order valence-electron chi connectivity index (χ4n) is 2.98. The average molecular weight is 303 g/mol. The van der Waals surface area contributed by atoms with Crippen LogP contribution in [0.3, 0.4) is 0 Å². The van der Waals surface area contributed by atoms with E-state index < -0.39 is 0 Å². The van der Waals surface area contributed by atoms with Gasteiger partial charge < -0.3 is 9.47 Å². The highest BCUT2D eigenvalue weighted by Crippen LogP contribution is 2.30. The lowest BCUT2D eigenvalue weighted by molar-refractivity contribution is 0.0790. The van der Waals surface area contributed by atoms with E-state index in [0.29, 0.717) is 5.92 Å². The summed E-state index contributed by atoms with van der Waals surface area (Å²) in [6.07, 6.45) is 2.94. The van der Waals surface area contributed by atoms with Crippen LogP contribution in [0, 0.1) is 6.92 Å². The Morgan fingerprint density at radius 1 is 1.33 bits per heavy atom. The Morgan fingerprint density at radius 2 is 2.14 bits per heavy atom. The number of benzene rings is 1. The molecule has 0 spiro atoms. The molecular formula is C17H19ClN2O. The van der Waals surface area contributed by atoms with Crippen LogP contribution >= 0.6 is 11.6 Å². The van der Waals surface area contributed by atoms with Gasteiger partial charge in [-0.25, -0.2) is 0 Å². The third-order valence-electron chi connectivity index (χ3n) is 4.41. The minimum absolute atomic E-state index is 0.137. The fraction of sp³-hybridized carbons (Fsp3) is 0.353. The summed E-state index contributed by atoms with van der Waals surface area (Å²) in [5.74, 6) is 0.522. The van der Waals surface area contributed by atoms with Gasteiger partial charge in [0.2, 0.25) is 0 Å². The first-order valence-electron chi connectivity index (χ1n) is 7.23. The van der Waals surface area contributed by atoms with Crippen molar-refractivity contribution < 1.29 is 4.79 Å². The van der Waals surface area contributed by atoms with Gasteiger partial charge in [0.05, 0.1) is 5.56 Å². The Balaban J connectivity index is 1.75. The van der Waals surface area contributed by atoms with Crippen LogP contribution in [0.15, 0.2) is 36.5 Å². The van der Waals surface area contributed by atoms with E-state index in [0.717, 1.165) is 35.8 Å². The van der Waals surface area contributed by atoms with Gasteiger partial charge in [0.25, 0.3) is 5.91 Å². The molecular weight excluding hydrogens is 284 g/mol. The van der Waals surface area contributed by atoms with E-state index >= 15 is 0 Å². The van der Waals surface area contributed by atoms with E-state index in [-0.39, 0.29) is 5.91 Å². The number of aryl methyl sites for hydroxylation is 1. The van der Waals surface area contributed by atoms with E-state index in [4.69, 9.17) is 11.6 Å². The number of nitrogens with zero attached hydrogens (tertiary/aromatic N) is 2. The second-order valence-electron chi connectivity index (χ2n) is 5.72. The van der Waals surface area contributed by atoms with E-state index in [9.17, 15) is 4.79 Å². The van der Waals surface area contributed by atoms with Crippen molar-refractivity contribution in [2.24, 2.45) is 7.05 Å². The van der Waals surface area contributed by atoms with Crippen LogP contribution < -0.4 is 0 Å². The Bertz CT molecular complexity index is 677. The van der Waals surface area contributed by atoms with Crippen molar-refractivity contribution in [3.8, 4) is 0 Å². The molecule has 0 bridgehead atoms. The number of likely N-dealkylation sites (tertiary alicyclic amines) is 1. The number of carbonyl (C=O) groups excluding carboxylic acids is 1. The van der Waals surface area contributed by atoms with Crippen LogP contribution in [0.4, 0.5) is 0 Å². The molecule has 4 heteroatoms. The molecule has 0 unspecified atom stereocenters. The predicted octanol–water partition coefficient (Wildman–Crippen LogP) is 3.62. The second-order valence-corrected chi connectivity index (χ2v) is 6.15. The molecule has 0 N–H and O–H groups in total. The third kappa shape index (κ3) is 2.70. The zero-order valence-electron chi connectivity index (χ0n) is 12.3. The quantitative estimate of drug-likeness (QED) is 0.832. The molecule has 1 aliphatic heterocycles. The van der Waals surface area contributed by atoms with Gasteiger partial charge in [-0.1, -0.05) is 23.7 Å². The van der Waals surface area contributed by atoms with E-state index in [2.05, 4.69) is 6.07 Å². The summed E-state index contributed by atoms with van der Waals surface area (Å²) >= 11 is 6.06. The SMILES string of the molecule is Cc1c(C(=O)N2CC[C@H](c3cccc(Cl)c3)C2)ccn1C. The second kappa shape index (κ2) is 5.57. The van der Waals surface area contributed by atoms with Crippen LogP contribution in [-0.4, -0.2) is 28.5 Å². The average Bonchev–Trinajstić information content (AvgIpc) is 3.07. The molecule has 0 radical (unpaired) electrons. The van der Waals surface area contributed by atoms with E-state index in [1.165, 1.54) is 5.56 Å². The highest BCUT2D eigenvalue weighted by molar-refractivity contribution is 6.30. The molecule has 1 fully saturated rings. The molecule has 1 aliphatic rings. The summed E-state index contributed by atoms with van der Waals surface area (Å²) in [5, 5.41) is 0.760. The number of amides is 1. The summed E-state index contributed by atoms with van der Waals surface area (Å²) in [5.41, 5.74) is 3.05. The van der Waals surface area contributed by atoms with Crippen molar-refractivity contribution in [3.05, 3.63) is 58.4 Å². The maximum Gasteiger partial charge on any atom is 0.255 e. The minimum atomic E-state index is 0.137. The third-order valence-corrected chi connectivity index (χ3v) is 4.64. The number of rotatable bonds is 2. The van der Waals surface area contributed by atoms with Gasteiger partial charge in [0.15, 0.2) is 0 Å². The number of hydrogen-bond acceptors (Lipinski definition) is 1. The molecule has 2 aromatic rings. The highest BCUT2D eigenvalue weighted by Gasteiger charge is 2.29. The zero-order chi connectivity index (χ0) is 15.0. The largest absolute Gasteiger partial charge is 0.354 e. The van der Waals surface area contributed by atoms with Gasteiger partial charge in [-0.2, -0.15) is 0 Å². The highest BCUT2D eigenvalue weighted by atomic mass is 35.5. The summed E-state index contributed by atoms with van der Waals surface area (Å²) < 4.78 is 1.98. The molecule has 2 heterocycles. The van der Waals surface area contributed by atoms with Crippen molar-refractivity contribution in [3.63, 3.8) is 0 Å². The van der Waals surface area contributed by atoms with E-state index in [1.54, 1.807) is 0 Å². The Kier molecular flexibility index (Phi) is 3.77. The molecule has 3 nitrogen and oxygen atoms in total. The Hall–Kier alpha value is -1.74. The maximum absolute atomic E-state index is 12.6. The molecule has 1 amide bonds. The number of aromatic nitrogens is 1. The van der Waals surface area contributed by atoms with E-state index in [1.807, 2.05) is 53.9 Å². The number of carbonyl (C=O) groups is 1. The van der Waals surface area contributed by atoms with Crippen LogP contribution in [0.5, 0.6) is 0 Å². The topological polar surface area (TPSA) is 25.2 Å². The summed E-state index contributed by atoms with van der Waals surface area (Å²) in [6, 6.07) is 9.87. The minimum Gasteiger partial charge on any atom is -0.354 e. The number of hydrogen-bond donors (Lipinski definition) is 0. The summed E-state index contributed by atoms with van der Waals surface area (Å²) in [6.45, 7) is 3.57. The molecule has 3 rings (SSSR count). The molecule has 0 saturated carbocycles. The van der Waals surface area contributed by atoms with Crippen molar-refractivity contribution in [2.75, 3.05) is 13.1 Å². The van der Waals surface area contributed by atoms with Gasteiger partial charge in [-0.05, 0) is 37.1 Å². The van der Waals surface area contributed by atoms with Gasteiger partial charge in [0.1, 0.15) is 0 Å². The maximum atomic E-state index is 12.6. The molecule has 1 atom stereocenters. The molecule has 1 saturated heterocycles. The lowest BCUT2D eigenvalue weighted by atomic mass is 9.99. The first kappa shape index (κ1) is 14.2. The normalized spacial score (nSPS) is 18.2. The Labute approximate surface area is 130 Å². The zero-order valence-corrected chi connectivity index (χ0v) is 13.1. The lowest BCUT2D eigenvalue weighted by Gasteiger charge is -2.17. The van der Waals surface area contributed by atoms with Gasteiger partial charge in [-0.3, -0.25) is 4.79 Å². The van der Waals surface area contributed by atoms with Crippen molar-refractivity contribution in [1.82, 2.24) is 9.47 Å². The summed E-state index contributed by atoms with van der Waals surface area (Å²) in [7, 11) is 1.96. The van der Waals surface area contributed by atoms with Crippen molar-refractivity contribution in [2.45, 2.75) is 19.3 Å². The number of halogens is 1. The van der Waals surface area contributed by atoms with Gasteiger partial charge in [-0.15, -0.1) is 0 Å². The van der Waals surface area contributed by atoms with Gasteiger partial charge in [0, 0.05) is 43.0 Å².